The molecule has 2 N–H and O–H groups in total. The summed E-state index contributed by atoms with van der Waals surface area (Å²) in [6, 6.07) is 8.13. The Labute approximate surface area is 116 Å². The predicted molar refractivity (Wildman–Crippen MR) is 81.5 cm³/mol. The number of nitrogens with one attached hydrogen (secondary N) is 2. The summed E-state index contributed by atoms with van der Waals surface area (Å²) in [7, 11) is 0. The lowest BCUT2D eigenvalue weighted by molar-refractivity contribution is -0.120. The van der Waals surface area contributed by atoms with Crippen molar-refractivity contribution in [2.75, 3.05) is 18.4 Å². The Morgan fingerprint density at radius 2 is 1.79 bits per heavy atom. The van der Waals surface area contributed by atoms with E-state index in [1.807, 2.05) is 31.2 Å². The van der Waals surface area contributed by atoms with Crippen LogP contribution in [-0.2, 0) is 11.2 Å². The van der Waals surface area contributed by atoms with Crippen molar-refractivity contribution in [1.29, 1.82) is 0 Å². The SMILES string of the molecule is CCCCCCNc1ccc(CC(=O)NCC)cc1. The first-order valence-corrected chi connectivity index (χ1v) is 7.35. The second kappa shape index (κ2) is 9.42. The van der Waals surface area contributed by atoms with E-state index in [9.17, 15) is 4.79 Å². The third kappa shape index (κ3) is 6.85. The number of hydrogen-bond donors (Lipinski definition) is 2. The monoisotopic (exact) mass is 262 g/mol. The minimum absolute atomic E-state index is 0.0859. The number of carbonyl (C=O) groups excluding carboxylic acids is 1. The third-order valence-electron chi connectivity index (χ3n) is 3.05. The van der Waals surface area contributed by atoms with Crippen molar-refractivity contribution in [3.05, 3.63) is 29.8 Å². The van der Waals surface area contributed by atoms with Crippen molar-refractivity contribution >= 4 is 11.6 Å². The molecule has 0 radical (unpaired) electrons. The quantitative estimate of drug-likeness (QED) is 0.670. The maximum Gasteiger partial charge on any atom is 0.224 e. The molecule has 0 aliphatic rings. The van der Waals surface area contributed by atoms with Crippen LogP contribution in [0.5, 0.6) is 0 Å². The Bertz CT molecular complexity index is 360. The average molecular weight is 262 g/mol. The molecule has 19 heavy (non-hydrogen) atoms. The Morgan fingerprint density at radius 1 is 1.05 bits per heavy atom. The zero-order valence-corrected chi connectivity index (χ0v) is 12.2. The largest absolute Gasteiger partial charge is 0.385 e. The van der Waals surface area contributed by atoms with Crippen LogP contribution in [-0.4, -0.2) is 19.0 Å². The number of anilines is 1. The van der Waals surface area contributed by atoms with Crippen molar-refractivity contribution in [3.63, 3.8) is 0 Å². The van der Waals surface area contributed by atoms with Gasteiger partial charge < -0.3 is 10.6 Å². The molecule has 3 heteroatoms. The molecule has 0 spiro atoms. The fourth-order valence-corrected chi connectivity index (χ4v) is 1.97. The van der Waals surface area contributed by atoms with Gasteiger partial charge in [-0.15, -0.1) is 0 Å². The first-order valence-electron chi connectivity index (χ1n) is 7.35. The van der Waals surface area contributed by atoms with E-state index in [0.29, 0.717) is 13.0 Å². The zero-order chi connectivity index (χ0) is 13.9. The van der Waals surface area contributed by atoms with E-state index in [2.05, 4.69) is 17.6 Å². The number of likely N-dealkylation sites (N-methyl/N-ethyl adjacent to an activating group) is 1. The maximum absolute atomic E-state index is 11.4. The van der Waals surface area contributed by atoms with Crippen LogP contribution in [0.3, 0.4) is 0 Å². The number of benzene rings is 1. The molecule has 0 atom stereocenters. The summed E-state index contributed by atoms with van der Waals surface area (Å²) in [5.41, 5.74) is 2.19. The van der Waals surface area contributed by atoms with Crippen molar-refractivity contribution < 1.29 is 4.79 Å². The van der Waals surface area contributed by atoms with Gasteiger partial charge in [0.2, 0.25) is 5.91 Å². The van der Waals surface area contributed by atoms with E-state index in [1.165, 1.54) is 25.7 Å². The standard InChI is InChI=1S/C16H26N2O/c1-3-5-6-7-12-18-15-10-8-14(9-11-15)13-16(19)17-4-2/h8-11,18H,3-7,12-13H2,1-2H3,(H,17,19). The molecule has 0 saturated carbocycles. The lowest BCUT2D eigenvalue weighted by Gasteiger charge is -2.07. The molecule has 1 aromatic carbocycles. The van der Waals surface area contributed by atoms with Gasteiger partial charge in [0.05, 0.1) is 6.42 Å². The van der Waals surface area contributed by atoms with E-state index in [-0.39, 0.29) is 5.91 Å². The molecule has 0 aromatic heterocycles. The summed E-state index contributed by atoms with van der Waals surface area (Å²) in [6.07, 6.45) is 5.56. The summed E-state index contributed by atoms with van der Waals surface area (Å²) in [6.45, 7) is 5.87. The highest BCUT2D eigenvalue weighted by Crippen LogP contribution is 2.10. The molecule has 1 rings (SSSR count). The van der Waals surface area contributed by atoms with Crippen LogP contribution in [0.2, 0.25) is 0 Å². The fraction of sp³-hybridized carbons (Fsp3) is 0.562. The maximum atomic E-state index is 11.4. The first-order chi connectivity index (χ1) is 9.26. The Hall–Kier alpha value is -1.51. The number of rotatable bonds is 9. The summed E-state index contributed by atoms with van der Waals surface area (Å²) >= 11 is 0. The van der Waals surface area contributed by atoms with Crippen LogP contribution in [0.25, 0.3) is 0 Å². The minimum Gasteiger partial charge on any atom is -0.385 e. The number of unbranched alkanes of at least 4 members (excludes halogenated alkanes) is 3. The predicted octanol–water partition coefficient (Wildman–Crippen LogP) is 3.36. The molecule has 0 unspecified atom stereocenters. The second-order valence-electron chi connectivity index (χ2n) is 4.81. The molecule has 3 nitrogen and oxygen atoms in total. The normalized spacial score (nSPS) is 10.2. The van der Waals surface area contributed by atoms with Gasteiger partial charge in [0.15, 0.2) is 0 Å². The van der Waals surface area contributed by atoms with E-state index in [4.69, 9.17) is 0 Å². The van der Waals surface area contributed by atoms with Gasteiger partial charge in [-0.2, -0.15) is 0 Å². The molecule has 1 aromatic rings. The molecule has 0 saturated heterocycles. The van der Waals surface area contributed by atoms with E-state index >= 15 is 0 Å². The van der Waals surface area contributed by atoms with Gasteiger partial charge >= 0.3 is 0 Å². The zero-order valence-electron chi connectivity index (χ0n) is 12.2. The lowest BCUT2D eigenvalue weighted by atomic mass is 10.1. The number of amides is 1. The molecule has 0 heterocycles. The van der Waals surface area contributed by atoms with Crippen LogP contribution >= 0.6 is 0 Å². The summed E-state index contributed by atoms with van der Waals surface area (Å²) in [5.74, 6) is 0.0859. The van der Waals surface area contributed by atoms with Gasteiger partial charge in [-0.05, 0) is 31.0 Å². The van der Waals surface area contributed by atoms with Crippen molar-refractivity contribution in [1.82, 2.24) is 5.32 Å². The molecule has 106 valence electrons. The van der Waals surface area contributed by atoms with Crippen LogP contribution in [0.15, 0.2) is 24.3 Å². The van der Waals surface area contributed by atoms with Crippen molar-refractivity contribution in [2.45, 2.75) is 46.0 Å². The Balaban J connectivity index is 2.29. The van der Waals surface area contributed by atoms with E-state index in [0.717, 1.165) is 17.8 Å². The van der Waals surface area contributed by atoms with Crippen LogP contribution in [0.1, 0.15) is 45.1 Å². The summed E-state index contributed by atoms with van der Waals surface area (Å²) in [5, 5.41) is 6.22. The second-order valence-corrected chi connectivity index (χ2v) is 4.81. The minimum atomic E-state index is 0.0859. The molecule has 0 fully saturated rings. The van der Waals surface area contributed by atoms with Gasteiger partial charge in [-0.25, -0.2) is 0 Å². The van der Waals surface area contributed by atoms with Crippen molar-refractivity contribution in [2.24, 2.45) is 0 Å². The van der Waals surface area contributed by atoms with Crippen LogP contribution in [0, 0.1) is 0 Å². The lowest BCUT2D eigenvalue weighted by Crippen LogP contribution is -2.24. The highest BCUT2D eigenvalue weighted by molar-refractivity contribution is 5.78. The molecule has 0 aliphatic carbocycles. The van der Waals surface area contributed by atoms with Gasteiger partial charge in [0.25, 0.3) is 0 Å². The Kier molecular flexibility index (Phi) is 7.71. The molecule has 0 aliphatic heterocycles. The topological polar surface area (TPSA) is 41.1 Å². The molecule has 1 amide bonds. The smallest absolute Gasteiger partial charge is 0.224 e. The molecular weight excluding hydrogens is 236 g/mol. The van der Waals surface area contributed by atoms with Crippen molar-refractivity contribution in [3.8, 4) is 0 Å². The number of hydrogen-bond acceptors (Lipinski definition) is 2. The van der Waals surface area contributed by atoms with Gasteiger partial charge in [0.1, 0.15) is 0 Å². The average Bonchev–Trinajstić information content (AvgIpc) is 2.41. The number of carbonyl (C=O) groups is 1. The summed E-state index contributed by atoms with van der Waals surface area (Å²) < 4.78 is 0. The van der Waals surface area contributed by atoms with Gasteiger partial charge in [-0.1, -0.05) is 38.3 Å². The highest BCUT2D eigenvalue weighted by Gasteiger charge is 2.01. The van der Waals surface area contributed by atoms with E-state index in [1.54, 1.807) is 0 Å². The first kappa shape index (κ1) is 15.5. The van der Waals surface area contributed by atoms with Gasteiger partial charge in [-0.3, -0.25) is 4.79 Å². The highest BCUT2D eigenvalue weighted by atomic mass is 16.1. The Morgan fingerprint density at radius 3 is 2.42 bits per heavy atom. The van der Waals surface area contributed by atoms with Crippen LogP contribution in [0.4, 0.5) is 5.69 Å². The van der Waals surface area contributed by atoms with Crippen LogP contribution < -0.4 is 10.6 Å². The van der Waals surface area contributed by atoms with Gasteiger partial charge in [0, 0.05) is 18.8 Å². The van der Waals surface area contributed by atoms with E-state index < -0.39 is 0 Å². The molecular formula is C16H26N2O. The fourth-order valence-electron chi connectivity index (χ4n) is 1.97. The molecule has 0 bridgehead atoms. The summed E-state index contributed by atoms with van der Waals surface area (Å²) in [4.78, 5) is 11.4. The third-order valence-corrected chi connectivity index (χ3v) is 3.05.